The van der Waals surface area contributed by atoms with Gasteiger partial charge in [-0.3, -0.25) is 4.98 Å². The van der Waals surface area contributed by atoms with Gasteiger partial charge in [-0.15, -0.1) is 11.6 Å². The first-order valence-corrected chi connectivity index (χ1v) is 6.53. The lowest BCUT2D eigenvalue weighted by atomic mass is 10.1. The fraction of sp³-hybridized carbons (Fsp3) is 0.286. The third kappa shape index (κ3) is 2.70. The van der Waals surface area contributed by atoms with Crippen molar-refractivity contribution >= 4 is 22.5 Å². The number of ether oxygens (including phenoxy) is 2. The number of halogens is 1. The molecule has 1 heterocycles. The molecule has 1 N–H and O–H groups in total. The maximum atomic E-state index is 10.00. The van der Waals surface area contributed by atoms with Gasteiger partial charge in [0.15, 0.2) is 11.5 Å². The first-order valence-electron chi connectivity index (χ1n) is 5.99. The molecular formula is C14H13ClN2O3. The van der Waals surface area contributed by atoms with Gasteiger partial charge >= 0.3 is 0 Å². The van der Waals surface area contributed by atoms with Crippen LogP contribution in [-0.4, -0.2) is 29.7 Å². The van der Waals surface area contributed by atoms with Crippen molar-refractivity contribution in [3.8, 4) is 23.3 Å². The molecule has 1 aromatic carbocycles. The van der Waals surface area contributed by atoms with Crippen LogP contribution in [0.2, 0.25) is 0 Å². The van der Waals surface area contributed by atoms with Gasteiger partial charge < -0.3 is 14.6 Å². The van der Waals surface area contributed by atoms with E-state index in [1.165, 1.54) is 13.3 Å². The van der Waals surface area contributed by atoms with Crippen molar-refractivity contribution in [1.82, 2.24) is 4.98 Å². The van der Waals surface area contributed by atoms with Crippen molar-refractivity contribution in [3.05, 3.63) is 23.9 Å². The van der Waals surface area contributed by atoms with Gasteiger partial charge in [-0.2, -0.15) is 5.26 Å². The maximum absolute atomic E-state index is 10.00. The van der Waals surface area contributed by atoms with Crippen LogP contribution in [0.15, 0.2) is 18.3 Å². The average Bonchev–Trinajstić information content (AvgIpc) is 2.47. The topological polar surface area (TPSA) is 75.4 Å². The molecule has 0 radical (unpaired) electrons. The number of nitriles is 1. The number of aromatic nitrogens is 1. The molecule has 0 saturated heterocycles. The Morgan fingerprint density at radius 3 is 2.85 bits per heavy atom. The third-order valence-electron chi connectivity index (χ3n) is 2.78. The Hall–Kier alpha value is -2.19. The summed E-state index contributed by atoms with van der Waals surface area (Å²) in [4.78, 5) is 4.13. The minimum absolute atomic E-state index is 0.108. The highest BCUT2D eigenvalue weighted by Gasteiger charge is 2.13. The van der Waals surface area contributed by atoms with E-state index in [1.807, 2.05) is 6.07 Å². The van der Waals surface area contributed by atoms with Gasteiger partial charge in [-0.25, -0.2) is 0 Å². The standard InChI is InChI=1S/C14H13ClN2O3/c1-19-12-5-10-11(6-13(12)20-4-2-3-15)17-8-9(7-16)14(10)18/h5-6,8H,2-4H2,1H3,(H,17,18). The second kappa shape index (κ2) is 6.31. The fourth-order valence-electron chi connectivity index (χ4n) is 1.78. The van der Waals surface area contributed by atoms with Crippen LogP contribution in [-0.2, 0) is 0 Å². The molecule has 1 aromatic heterocycles. The Morgan fingerprint density at radius 1 is 1.40 bits per heavy atom. The summed E-state index contributed by atoms with van der Waals surface area (Å²) >= 11 is 5.60. The molecule has 0 bridgehead atoms. The highest BCUT2D eigenvalue weighted by Crippen LogP contribution is 2.36. The van der Waals surface area contributed by atoms with E-state index in [4.69, 9.17) is 26.3 Å². The van der Waals surface area contributed by atoms with E-state index in [2.05, 4.69) is 4.98 Å². The molecule has 2 rings (SSSR count). The van der Waals surface area contributed by atoms with Crippen molar-refractivity contribution in [2.75, 3.05) is 19.6 Å². The molecule has 0 aliphatic carbocycles. The second-order valence-corrected chi connectivity index (χ2v) is 4.42. The molecule has 5 nitrogen and oxygen atoms in total. The predicted octanol–water partition coefficient (Wildman–Crippen LogP) is 2.83. The van der Waals surface area contributed by atoms with Crippen molar-refractivity contribution in [2.45, 2.75) is 6.42 Å². The summed E-state index contributed by atoms with van der Waals surface area (Å²) in [7, 11) is 1.51. The fourth-order valence-corrected chi connectivity index (χ4v) is 1.89. The molecule has 6 heteroatoms. The Bertz CT molecular complexity index is 667. The van der Waals surface area contributed by atoms with E-state index in [-0.39, 0.29) is 11.3 Å². The third-order valence-corrected chi connectivity index (χ3v) is 3.05. The first kappa shape index (κ1) is 14.2. The normalized spacial score (nSPS) is 10.2. The van der Waals surface area contributed by atoms with Gasteiger partial charge in [0.05, 0.1) is 19.2 Å². The lowest BCUT2D eigenvalue weighted by molar-refractivity contribution is 0.295. The number of methoxy groups -OCH3 is 1. The SMILES string of the molecule is COc1cc2c(O)c(C#N)cnc2cc1OCCCCl. The van der Waals surface area contributed by atoms with Crippen molar-refractivity contribution in [2.24, 2.45) is 0 Å². The van der Waals surface area contributed by atoms with Crippen LogP contribution in [0.3, 0.4) is 0 Å². The summed E-state index contributed by atoms with van der Waals surface area (Å²) in [6.07, 6.45) is 2.04. The molecule has 0 unspecified atom stereocenters. The Morgan fingerprint density at radius 2 is 2.20 bits per heavy atom. The minimum Gasteiger partial charge on any atom is -0.506 e. The van der Waals surface area contributed by atoms with Gasteiger partial charge in [0.1, 0.15) is 17.4 Å². The highest BCUT2D eigenvalue weighted by molar-refractivity contribution is 6.17. The van der Waals surface area contributed by atoms with E-state index >= 15 is 0 Å². The molecule has 104 valence electrons. The lowest BCUT2D eigenvalue weighted by Gasteiger charge is -2.12. The predicted molar refractivity (Wildman–Crippen MR) is 75.5 cm³/mol. The number of alkyl halides is 1. The summed E-state index contributed by atoms with van der Waals surface area (Å²) in [5.74, 6) is 1.41. The number of hydrogen-bond donors (Lipinski definition) is 1. The molecule has 0 amide bonds. The number of hydrogen-bond acceptors (Lipinski definition) is 5. The number of nitrogens with zero attached hydrogens (tertiary/aromatic N) is 2. The zero-order valence-corrected chi connectivity index (χ0v) is 11.6. The second-order valence-electron chi connectivity index (χ2n) is 4.04. The molecular weight excluding hydrogens is 280 g/mol. The van der Waals surface area contributed by atoms with Crippen LogP contribution in [0.4, 0.5) is 0 Å². The van der Waals surface area contributed by atoms with Gasteiger partial charge in [-0.05, 0) is 12.5 Å². The minimum atomic E-state index is -0.108. The monoisotopic (exact) mass is 292 g/mol. The zero-order valence-electron chi connectivity index (χ0n) is 10.9. The van der Waals surface area contributed by atoms with Gasteiger partial charge in [-0.1, -0.05) is 0 Å². The van der Waals surface area contributed by atoms with Crippen LogP contribution in [0.25, 0.3) is 10.9 Å². The summed E-state index contributed by atoms with van der Waals surface area (Å²) in [6.45, 7) is 0.466. The lowest BCUT2D eigenvalue weighted by Crippen LogP contribution is -2.00. The zero-order chi connectivity index (χ0) is 14.5. The Labute approximate surface area is 121 Å². The molecule has 0 aliphatic heterocycles. The molecule has 0 atom stereocenters. The summed E-state index contributed by atoms with van der Waals surface area (Å²) in [5, 5.41) is 19.3. The largest absolute Gasteiger partial charge is 0.506 e. The van der Waals surface area contributed by atoms with Crippen molar-refractivity contribution < 1.29 is 14.6 Å². The molecule has 0 fully saturated rings. The van der Waals surface area contributed by atoms with Gasteiger partial charge in [0.2, 0.25) is 0 Å². The van der Waals surface area contributed by atoms with E-state index < -0.39 is 0 Å². The summed E-state index contributed by atoms with van der Waals surface area (Å²) in [5.41, 5.74) is 0.651. The van der Waals surface area contributed by atoms with Crippen LogP contribution in [0.5, 0.6) is 17.2 Å². The van der Waals surface area contributed by atoms with Crippen molar-refractivity contribution in [3.63, 3.8) is 0 Å². The van der Waals surface area contributed by atoms with Crippen molar-refractivity contribution in [1.29, 1.82) is 5.26 Å². The van der Waals surface area contributed by atoms with E-state index in [0.717, 1.165) is 6.42 Å². The summed E-state index contributed by atoms with van der Waals surface area (Å²) < 4.78 is 10.8. The Balaban J connectivity index is 2.49. The smallest absolute Gasteiger partial charge is 0.163 e. The molecule has 0 saturated carbocycles. The number of aromatic hydroxyl groups is 1. The molecule has 2 aromatic rings. The van der Waals surface area contributed by atoms with Gasteiger partial charge in [0, 0.05) is 23.5 Å². The Kier molecular flexibility index (Phi) is 4.49. The van der Waals surface area contributed by atoms with Gasteiger partial charge in [0.25, 0.3) is 0 Å². The first-order chi connectivity index (χ1) is 9.71. The number of fused-ring (bicyclic) bond motifs is 1. The van der Waals surface area contributed by atoms with Crippen LogP contribution in [0.1, 0.15) is 12.0 Å². The molecule has 0 aliphatic rings. The number of pyridine rings is 1. The quantitative estimate of drug-likeness (QED) is 0.677. The van der Waals surface area contributed by atoms with E-state index in [0.29, 0.717) is 34.9 Å². The van der Waals surface area contributed by atoms with Crippen LogP contribution < -0.4 is 9.47 Å². The maximum Gasteiger partial charge on any atom is 0.163 e. The number of benzene rings is 1. The van der Waals surface area contributed by atoms with E-state index in [1.54, 1.807) is 12.1 Å². The van der Waals surface area contributed by atoms with Crippen LogP contribution in [0, 0.1) is 11.3 Å². The summed E-state index contributed by atoms with van der Waals surface area (Å²) in [6, 6.07) is 5.16. The molecule has 0 spiro atoms. The van der Waals surface area contributed by atoms with Crippen LogP contribution >= 0.6 is 11.6 Å². The van der Waals surface area contributed by atoms with E-state index in [9.17, 15) is 5.11 Å². The number of rotatable bonds is 5. The molecule has 20 heavy (non-hydrogen) atoms. The highest BCUT2D eigenvalue weighted by atomic mass is 35.5. The average molecular weight is 293 g/mol.